The minimum absolute atomic E-state index is 0.155. The van der Waals surface area contributed by atoms with Crippen LogP contribution in [0.3, 0.4) is 0 Å². The van der Waals surface area contributed by atoms with E-state index in [0.717, 1.165) is 19.6 Å². The van der Waals surface area contributed by atoms with Crippen molar-refractivity contribution in [3.63, 3.8) is 0 Å². The summed E-state index contributed by atoms with van der Waals surface area (Å²) in [5, 5.41) is 3.53. The molecule has 0 saturated carbocycles. The third-order valence-electron chi connectivity index (χ3n) is 3.22. The Morgan fingerprint density at radius 1 is 1.26 bits per heavy atom. The molecule has 0 amide bonds. The lowest BCUT2D eigenvalue weighted by Crippen LogP contribution is -2.35. The Morgan fingerprint density at radius 2 is 1.95 bits per heavy atom. The zero-order chi connectivity index (χ0) is 13.9. The van der Waals surface area contributed by atoms with Gasteiger partial charge in [-0.05, 0) is 38.5 Å². The molecule has 1 aromatic carbocycles. The number of benzene rings is 1. The van der Waals surface area contributed by atoms with Gasteiger partial charge in [-0.15, -0.1) is 0 Å². The summed E-state index contributed by atoms with van der Waals surface area (Å²) in [6.45, 7) is 9.82. The van der Waals surface area contributed by atoms with Gasteiger partial charge in [0.2, 0.25) is 0 Å². The van der Waals surface area contributed by atoms with E-state index in [1.54, 1.807) is 0 Å². The Labute approximate surface area is 129 Å². The van der Waals surface area contributed by atoms with Crippen LogP contribution in [-0.4, -0.2) is 30.1 Å². The van der Waals surface area contributed by atoms with Crippen LogP contribution >= 0.6 is 27.7 Å². The average Bonchev–Trinajstić information content (AvgIpc) is 2.37. The summed E-state index contributed by atoms with van der Waals surface area (Å²) in [5.74, 6) is 2.48. The Balaban J connectivity index is 2.04. The summed E-state index contributed by atoms with van der Waals surface area (Å²) >= 11 is 5.76. The summed E-state index contributed by atoms with van der Waals surface area (Å²) in [5.41, 5.74) is 2.82. The third kappa shape index (κ3) is 4.69. The number of halogens is 1. The molecule has 0 atom stereocenters. The highest BCUT2D eigenvalue weighted by Gasteiger charge is 2.13. The highest BCUT2D eigenvalue weighted by molar-refractivity contribution is 9.10. The molecule has 1 aromatic rings. The zero-order valence-electron chi connectivity index (χ0n) is 12.0. The van der Waals surface area contributed by atoms with E-state index in [2.05, 4.69) is 65.1 Å². The number of rotatable bonds is 3. The van der Waals surface area contributed by atoms with Gasteiger partial charge in [-0.1, -0.05) is 22.0 Å². The molecule has 1 heterocycles. The van der Waals surface area contributed by atoms with Crippen LogP contribution in [0, 0.1) is 0 Å². The van der Waals surface area contributed by atoms with Gasteiger partial charge < -0.3 is 10.2 Å². The van der Waals surface area contributed by atoms with Crippen LogP contribution in [0.2, 0.25) is 0 Å². The quantitative estimate of drug-likeness (QED) is 0.896. The molecule has 0 aromatic heterocycles. The number of thioether (sulfide) groups is 1. The van der Waals surface area contributed by atoms with E-state index in [4.69, 9.17) is 0 Å². The van der Waals surface area contributed by atoms with Crippen molar-refractivity contribution in [3.8, 4) is 0 Å². The zero-order valence-corrected chi connectivity index (χ0v) is 14.4. The van der Waals surface area contributed by atoms with Gasteiger partial charge in [0.1, 0.15) is 0 Å². The van der Waals surface area contributed by atoms with Crippen LogP contribution in [0.4, 0.5) is 5.69 Å². The molecule has 1 aliphatic rings. The van der Waals surface area contributed by atoms with Gasteiger partial charge in [0.05, 0.1) is 0 Å². The van der Waals surface area contributed by atoms with Gasteiger partial charge in [-0.3, -0.25) is 0 Å². The lowest BCUT2D eigenvalue weighted by atomic mass is 10.1. The molecule has 106 valence electrons. The topological polar surface area (TPSA) is 15.3 Å². The third-order valence-corrected chi connectivity index (χ3v) is 4.90. The first kappa shape index (κ1) is 15.2. The first-order chi connectivity index (χ1) is 8.96. The number of hydrogen-bond acceptors (Lipinski definition) is 3. The lowest BCUT2D eigenvalue weighted by molar-refractivity contribution is 0.424. The Bertz CT molecular complexity index is 423. The van der Waals surface area contributed by atoms with E-state index in [1.807, 2.05) is 11.8 Å². The second-order valence-corrected chi connectivity index (χ2v) is 8.06. The standard InChI is InChI=1S/C15H23BrN2S/c1-15(2,3)17-11-12-4-5-13(10-14(12)16)18-6-8-19-9-7-18/h4-5,10,17H,6-9,11H2,1-3H3. The van der Waals surface area contributed by atoms with Crippen molar-refractivity contribution >= 4 is 33.4 Å². The van der Waals surface area contributed by atoms with Gasteiger partial charge in [-0.25, -0.2) is 0 Å². The minimum Gasteiger partial charge on any atom is -0.370 e. The fourth-order valence-electron chi connectivity index (χ4n) is 2.06. The molecule has 0 unspecified atom stereocenters. The SMILES string of the molecule is CC(C)(C)NCc1ccc(N2CCSCC2)cc1Br. The van der Waals surface area contributed by atoms with Gasteiger partial charge >= 0.3 is 0 Å². The molecule has 0 aliphatic carbocycles. The van der Waals surface area contributed by atoms with E-state index < -0.39 is 0 Å². The van der Waals surface area contributed by atoms with Crippen LogP contribution in [-0.2, 0) is 6.54 Å². The maximum Gasteiger partial charge on any atom is 0.0378 e. The van der Waals surface area contributed by atoms with Gasteiger partial charge in [0, 0.05) is 46.8 Å². The molecule has 1 fully saturated rings. The monoisotopic (exact) mass is 342 g/mol. The fraction of sp³-hybridized carbons (Fsp3) is 0.600. The summed E-state index contributed by atoms with van der Waals surface area (Å²) in [6, 6.07) is 6.75. The molecule has 4 heteroatoms. The molecule has 1 N–H and O–H groups in total. The van der Waals surface area contributed by atoms with E-state index in [9.17, 15) is 0 Å². The molecule has 1 saturated heterocycles. The molecule has 0 spiro atoms. The number of hydrogen-bond donors (Lipinski definition) is 1. The molecule has 0 radical (unpaired) electrons. The van der Waals surface area contributed by atoms with E-state index in [-0.39, 0.29) is 5.54 Å². The number of nitrogens with one attached hydrogen (secondary N) is 1. The lowest BCUT2D eigenvalue weighted by Gasteiger charge is -2.29. The first-order valence-corrected chi connectivity index (χ1v) is 8.77. The second-order valence-electron chi connectivity index (χ2n) is 5.98. The van der Waals surface area contributed by atoms with Crippen LogP contribution in [0.25, 0.3) is 0 Å². The Hall–Kier alpha value is -0.190. The fourth-order valence-corrected chi connectivity index (χ4v) is 3.47. The number of nitrogens with zero attached hydrogens (tertiary/aromatic N) is 1. The molecule has 2 nitrogen and oxygen atoms in total. The van der Waals surface area contributed by atoms with Crippen LogP contribution in [0.1, 0.15) is 26.3 Å². The molecular formula is C15H23BrN2S. The van der Waals surface area contributed by atoms with Crippen molar-refractivity contribution < 1.29 is 0 Å². The van der Waals surface area contributed by atoms with E-state index in [0.29, 0.717) is 0 Å². The number of anilines is 1. The summed E-state index contributed by atoms with van der Waals surface area (Å²) < 4.78 is 1.21. The Kier molecular flexibility index (Phi) is 5.21. The van der Waals surface area contributed by atoms with E-state index in [1.165, 1.54) is 27.2 Å². The van der Waals surface area contributed by atoms with Crippen LogP contribution in [0.5, 0.6) is 0 Å². The smallest absolute Gasteiger partial charge is 0.0378 e. The van der Waals surface area contributed by atoms with Crippen LogP contribution in [0.15, 0.2) is 22.7 Å². The van der Waals surface area contributed by atoms with Crippen LogP contribution < -0.4 is 10.2 Å². The molecule has 19 heavy (non-hydrogen) atoms. The Morgan fingerprint density at radius 3 is 2.53 bits per heavy atom. The summed E-state index contributed by atoms with van der Waals surface area (Å²) in [7, 11) is 0. The molecule has 0 bridgehead atoms. The highest BCUT2D eigenvalue weighted by Crippen LogP contribution is 2.26. The molecule has 2 rings (SSSR count). The maximum absolute atomic E-state index is 3.71. The second kappa shape index (κ2) is 6.51. The minimum atomic E-state index is 0.155. The van der Waals surface area contributed by atoms with Crippen molar-refractivity contribution in [1.29, 1.82) is 0 Å². The van der Waals surface area contributed by atoms with Crippen molar-refractivity contribution in [3.05, 3.63) is 28.2 Å². The maximum atomic E-state index is 3.71. The van der Waals surface area contributed by atoms with Crippen molar-refractivity contribution in [2.75, 3.05) is 29.5 Å². The predicted octanol–water partition coefficient (Wildman–Crippen LogP) is 3.89. The van der Waals surface area contributed by atoms with Crippen molar-refractivity contribution in [1.82, 2.24) is 5.32 Å². The van der Waals surface area contributed by atoms with E-state index >= 15 is 0 Å². The first-order valence-electron chi connectivity index (χ1n) is 6.82. The highest BCUT2D eigenvalue weighted by atomic mass is 79.9. The van der Waals surface area contributed by atoms with Crippen molar-refractivity contribution in [2.45, 2.75) is 32.9 Å². The normalized spacial score (nSPS) is 16.7. The average molecular weight is 343 g/mol. The molecule has 1 aliphatic heterocycles. The van der Waals surface area contributed by atoms with Gasteiger partial charge in [0.15, 0.2) is 0 Å². The summed E-state index contributed by atoms with van der Waals surface area (Å²) in [4.78, 5) is 2.47. The summed E-state index contributed by atoms with van der Waals surface area (Å²) in [6.07, 6.45) is 0. The van der Waals surface area contributed by atoms with Crippen molar-refractivity contribution in [2.24, 2.45) is 0 Å². The largest absolute Gasteiger partial charge is 0.370 e. The molecular weight excluding hydrogens is 320 g/mol. The predicted molar refractivity (Wildman–Crippen MR) is 90.3 cm³/mol. The van der Waals surface area contributed by atoms with Gasteiger partial charge in [-0.2, -0.15) is 11.8 Å². The van der Waals surface area contributed by atoms with Gasteiger partial charge in [0.25, 0.3) is 0 Å².